The Bertz CT molecular complexity index is 105. The van der Waals surface area contributed by atoms with Crippen LogP contribution in [0.4, 0.5) is 0 Å². The number of aliphatic hydroxyl groups is 1. The molecule has 0 aliphatic heterocycles. The van der Waals surface area contributed by atoms with Gasteiger partial charge in [-0.3, -0.25) is 0 Å². The third-order valence-corrected chi connectivity index (χ3v) is 1.87. The van der Waals surface area contributed by atoms with E-state index in [1.54, 1.807) is 0 Å². The highest BCUT2D eigenvalue weighted by Crippen LogP contribution is 2.11. The number of hydrogen-bond acceptors (Lipinski definition) is 1. The van der Waals surface area contributed by atoms with Crippen molar-refractivity contribution in [2.75, 3.05) is 6.61 Å². The Hall–Kier alpha value is -0.300. The average molecular weight is 156 g/mol. The highest BCUT2D eigenvalue weighted by molar-refractivity contribution is 5.00. The zero-order valence-electron chi connectivity index (χ0n) is 7.77. The quantitative estimate of drug-likeness (QED) is 0.586. The van der Waals surface area contributed by atoms with E-state index in [0.717, 1.165) is 12.8 Å². The van der Waals surface area contributed by atoms with E-state index < -0.39 is 0 Å². The second kappa shape index (κ2) is 7.80. The molecule has 0 rings (SSSR count). The van der Waals surface area contributed by atoms with E-state index in [1.807, 2.05) is 0 Å². The lowest BCUT2D eigenvalue weighted by Crippen LogP contribution is -1.84. The number of rotatable bonds is 6. The highest BCUT2D eigenvalue weighted by Gasteiger charge is 1.92. The summed E-state index contributed by atoms with van der Waals surface area (Å²) < 4.78 is 0. The van der Waals surface area contributed by atoms with Crippen LogP contribution in [0.15, 0.2) is 11.6 Å². The van der Waals surface area contributed by atoms with E-state index in [0.29, 0.717) is 0 Å². The first-order chi connectivity index (χ1) is 5.35. The number of hydrogen-bond donors (Lipinski definition) is 1. The van der Waals surface area contributed by atoms with Crippen LogP contribution < -0.4 is 0 Å². The van der Waals surface area contributed by atoms with E-state index in [-0.39, 0.29) is 6.61 Å². The summed E-state index contributed by atoms with van der Waals surface area (Å²) in [6.07, 6.45) is 7.90. The molecule has 0 unspecified atom stereocenters. The standard InChI is InChI=1S/C10H20O/c1-3-5-7-10(4-2)8-6-9-11/h8,11H,3-7,9H2,1-2H3/b10-8+. The van der Waals surface area contributed by atoms with Gasteiger partial charge in [-0.15, -0.1) is 0 Å². The van der Waals surface area contributed by atoms with Crippen LogP contribution in [0.1, 0.15) is 46.0 Å². The summed E-state index contributed by atoms with van der Waals surface area (Å²) in [5.74, 6) is 0. The van der Waals surface area contributed by atoms with Crippen LogP contribution in [0, 0.1) is 0 Å². The highest BCUT2D eigenvalue weighted by atomic mass is 16.2. The predicted octanol–water partition coefficient (Wildman–Crippen LogP) is 2.90. The molecule has 0 heterocycles. The van der Waals surface area contributed by atoms with Crippen LogP contribution in [0.3, 0.4) is 0 Å². The minimum Gasteiger partial charge on any atom is -0.396 e. The number of aliphatic hydroxyl groups excluding tert-OH is 1. The average Bonchev–Trinajstić information content (AvgIpc) is 2.05. The molecule has 0 bridgehead atoms. The Morgan fingerprint density at radius 1 is 1.36 bits per heavy atom. The second-order valence-corrected chi connectivity index (χ2v) is 2.83. The summed E-state index contributed by atoms with van der Waals surface area (Å²) in [7, 11) is 0. The molecule has 11 heavy (non-hydrogen) atoms. The molecule has 0 radical (unpaired) electrons. The molecule has 0 aromatic rings. The van der Waals surface area contributed by atoms with E-state index in [4.69, 9.17) is 5.11 Å². The normalized spacial score (nSPS) is 12.1. The fourth-order valence-electron chi connectivity index (χ4n) is 1.10. The fourth-order valence-corrected chi connectivity index (χ4v) is 1.10. The molecule has 66 valence electrons. The molecule has 1 heteroatoms. The second-order valence-electron chi connectivity index (χ2n) is 2.83. The lowest BCUT2D eigenvalue weighted by Gasteiger charge is -2.01. The fraction of sp³-hybridized carbons (Fsp3) is 0.800. The summed E-state index contributed by atoms with van der Waals surface area (Å²) in [4.78, 5) is 0. The minimum atomic E-state index is 0.287. The van der Waals surface area contributed by atoms with Crippen LogP contribution in [0.5, 0.6) is 0 Å². The van der Waals surface area contributed by atoms with Crippen molar-refractivity contribution in [1.29, 1.82) is 0 Å². The van der Waals surface area contributed by atoms with E-state index in [1.165, 1.54) is 24.8 Å². The zero-order valence-corrected chi connectivity index (χ0v) is 7.77. The van der Waals surface area contributed by atoms with Gasteiger partial charge in [0.2, 0.25) is 0 Å². The molecule has 0 aromatic carbocycles. The number of allylic oxidation sites excluding steroid dienone is 1. The molecule has 0 aliphatic rings. The van der Waals surface area contributed by atoms with Gasteiger partial charge in [-0.25, -0.2) is 0 Å². The van der Waals surface area contributed by atoms with Gasteiger partial charge in [0.25, 0.3) is 0 Å². The Labute approximate surface area is 70.1 Å². The van der Waals surface area contributed by atoms with Crippen molar-refractivity contribution >= 4 is 0 Å². The lowest BCUT2D eigenvalue weighted by atomic mass is 10.1. The van der Waals surface area contributed by atoms with Gasteiger partial charge in [0, 0.05) is 6.61 Å². The summed E-state index contributed by atoms with van der Waals surface area (Å²) in [5.41, 5.74) is 1.50. The van der Waals surface area contributed by atoms with Gasteiger partial charge in [0.1, 0.15) is 0 Å². The molecular weight excluding hydrogens is 136 g/mol. The predicted molar refractivity (Wildman–Crippen MR) is 49.6 cm³/mol. The van der Waals surface area contributed by atoms with Crippen molar-refractivity contribution in [1.82, 2.24) is 0 Å². The van der Waals surface area contributed by atoms with Gasteiger partial charge in [-0.1, -0.05) is 31.9 Å². The first-order valence-electron chi connectivity index (χ1n) is 4.63. The lowest BCUT2D eigenvalue weighted by molar-refractivity contribution is 0.302. The van der Waals surface area contributed by atoms with Gasteiger partial charge in [0.05, 0.1) is 0 Å². The summed E-state index contributed by atoms with van der Waals surface area (Å²) in [6, 6.07) is 0. The van der Waals surface area contributed by atoms with Crippen LogP contribution in [-0.2, 0) is 0 Å². The van der Waals surface area contributed by atoms with Crippen molar-refractivity contribution in [3.8, 4) is 0 Å². The molecule has 0 fully saturated rings. The minimum absolute atomic E-state index is 0.287. The van der Waals surface area contributed by atoms with Crippen molar-refractivity contribution in [3.05, 3.63) is 11.6 Å². The molecule has 1 nitrogen and oxygen atoms in total. The van der Waals surface area contributed by atoms with Crippen LogP contribution in [0.25, 0.3) is 0 Å². The maximum absolute atomic E-state index is 8.59. The molecule has 0 atom stereocenters. The Kier molecular flexibility index (Phi) is 7.59. The molecule has 0 saturated heterocycles. The van der Waals surface area contributed by atoms with E-state index in [2.05, 4.69) is 19.9 Å². The van der Waals surface area contributed by atoms with Gasteiger partial charge in [0.15, 0.2) is 0 Å². The van der Waals surface area contributed by atoms with Crippen molar-refractivity contribution in [2.24, 2.45) is 0 Å². The molecule has 0 spiro atoms. The molecule has 0 amide bonds. The largest absolute Gasteiger partial charge is 0.396 e. The van der Waals surface area contributed by atoms with E-state index >= 15 is 0 Å². The SMILES string of the molecule is CCCC/C(=C/CCO)CC. The summed E-state index contributed by atoms with van der Waals surface area (Å²) in [5, 5.41) is 8.59. The van der Waals surface area contributed by atoms with Crippen molar-refractivity contribution in [3.63, 3.8) is 0 Å². The zero-order chi connectivity index (χ0) is 8.53. The van der Waals surface area contributed by atoms with Crippen molar-refractivity contribution < 1.29 is 5.11 Å². The maximum Gasteiger partial charge on any atom is 0.0465 e. The molecule has 0 aliphatic carbocycles. The van der Waals surface area contributed by atoms with Gasteiger partial charge in [-0.05, 0) is 25.7 Å². The molecule has 0 saturated carbocycles. The van der Waals surface area contributed by atoms with Crippen LogP contribution >= 0.6 is 0 Å². The maximum atomic E-state index is 8.59. The van der Waals surface area contributed by atoms with Gasteiger partial charge < -0.3 is 5.11 Å². The summed E-state index contributed by atoms with van der Waals surface area (Å²) >= 11 is 0. The summed E-state index contributed by atoms with van der Waals surface area (Å²) in [6.45, 7) is 4.67. The molecule has 0 aromatic heterocycles. The van der Waals surface area contributed by atoms with Crippen molar-refractivity contribution in [2.45, 2.75) is 46.0 Å². The monoisotopic (exact) mass is 156 g/mol. The smallest absolute Gasteiger partial charge is 0.0465 e. The third kappa shape index (κ3) is 6.11. The Morgan fingerprint density at radius 2 is 2.09 bits per heavy atom. The molecule has 1 N–H and O–H groups in total. The Morgan fingerprint density at radius 3 is 2.55 bits per heavy atom. The third-order valence-electron chi connectivity index (χ3n) is 1.87. The first kappa shape index (κ1) is 10.7. The number of unbranched alkanes of at least 4 members (excludes halogenated alkanes) is 1. The first-order valence-corrected chi connectivity index (χ1v) is 4.63. The van der Waals surface area contributed by atoms with Gasteiger partial charge in [-0.2, -0.15) is 0 Å². The Balaban J connectivity index is 3.55. The molecular formula is C10H20O. The van der Waals surface area contributed by atoms with E-state index in [9.17, 15) is 0 Å². The van der Waals surface area contributed by atoms with Crippen LogP contribution in [0.2, 0.25) is 0 Å². The van der Waals surface area contributed by atoms with Gasteiger partial charge >= 0.3 is 0 Å². The van der Waals surface area contributed by atoms with Crippen LogP contribution in [-0.4, -0.2) is 11.7 Å². The topological polar surface area (TPSA) is 20.2 Å².